The number of carbonyl (C=O) groups is 1. The van der Waals surface area contributed by atoms with E-state index in [1.54, 1.807) is 45.0 Å². The normalized spacial score (nSPS) is 14.1. The molecule has 1 rings (SSSR count). The lowest BCUT2D eigenvalue weighted by atomic mass is 10.0. The van der Waals surface area contributed by atoms with Crippen LogP contribution in [0.5, 0.6) is 0 Å². The lowest BCUT2D eigenvalue weighted by molar-refractivity contribution is 0.0515. The van der Waals surface area contributed by atoms with Crippen molar-refractivity contribution in [1.82, 2.24) is 5.32 Å². The fraction of sp³-hybridized carbons (Fsp3) is 0.591. The number of amides is 1. The number of alkyl carbamates (subject to hydrolysis) is 1. The number of hydrogen-bond acceptors (Lipinski definition) is 4. The molecule has 0 aliphatic heterocycles. The number of ether oxygens (including phenoxy) is 1. The van der Waals surface area contributed by atoms with Gasteiger partial charge in [-0.1, -0.05) is 36.3 Å². The standard InChI is InChI=1S/C22H35NO4S/c1-16(2)9-8-10-18(4)15-20(23-21(24)27-22(5,6)7)28(25,26)19-13-11-17(3)12-14-19/h9,11-14,18,20H,8,10,15H2,1-7H3,(H,23,24). The fourth-order valence-corrected chi connectivity index (χ4v) is 4.41. The van der Waals surface area contributed by atoms with Crippen LogP contribution in [0, 0.1) is 12.8 Å². The van der Waals surface area contributed by atoms with Gasteiger partial charge < -0.3 is 10.1 Å². The summed E-state index contributed by atoms with van der Waals surface area (Å²) < 4.78 is 31.6. The molecule has 0 fully saturated rings. The van der Waals surface area contributed by atoms with Crippen LogP contribution in [0.15, 0.2) is 40.8 Å². The van der Waals surface area contributed by atoms with Crippen LogP contribution in [0.1, 0.15) is 66.4 Å². The van der Waals surface area contributed by atoms with Crippen LogP contribution >= 0.6 is 0 Å². The van der Waals surface area contributed by atoms with Crippen molar-refractivity contribution >= 4 is 15.9 Å². The number of hydrogen-bond donors (Lipinski definition) is 1. The molecule has 6 heteroatoms. The maximum Gasteiger partial charge on any atom is 0.408 e. The van der Waals surface area contributed by atoms with Gasteiger partial charge >= 0.3 is 6.09 Å². The third-order valence-corrected chi connectivity index (χ3v) is 6.22. The molecule has 1 N–H and O–H groups in total. The molecule has 158 valence electrons. The molecule has 0 aromatic heterocycles. The van der Waals surface area contributed by atoms with Crippen molar-refractivity contribution in [2.75, 3.05) is 0 Å². The van der Waals surface area contributed by atoms with Crippen molar-refractivity contribution in [3.05, 3.63) is 41.5 Å². The van der Waals surface area contributed by atoms with Crippen LogP contribution in [0.2, 0.25) is 0 Å². The second-order valence-corrected chi connectivity index (χ2v) is 10.8. The molecule has 0 bridgehead atoms. The van der Waals surface area contributed by atoms with Gasteiger partial charge in [0.2, 0.25) is 0 Å². The summed E-state index contributed by atoms with van der Waals surface area (Å²) in [6.45, 7) is 13.2. The number of aryl methyl sites for hydroxylation is 1. The summed E-state index contributed by atoms with van der Waals surface area (Å²) in [4.78, 5) is 12.5. The molecular weight excluding hydrogens is 374 g/mol. The fourth-order valence-electron chi connectivity index (χ4n) is 2.73. The van der Waals surface area contributed by atoms with Gasteiger partial charge in [0, 0.05) is 0 Å². The zero-order chi connectivity index (χ0) is 21.5. The summed E-state index contributed by atoms with van der Waals surface area (Å²) in [5, 5.41) is 1.56. The maximum absolute atomic E-state index is 13.2. The molecule has 1 amide bonds. The van der Waals surface area contributed by atoms with E-state index in [1.807, 2.05) is 27.7 Å². The van der Waals surface area contributed by atoms with E-state index in [1.165, 1.54) is 5.57 Å². The molecule has 5 nitrogen and oxygen atoms in total. The zero-order valence-electron chi connectivity index (χ0n) is 18.2. The monoisotopic (exact) mass is 409 g/mol. The summed E-state index contributed by atoms with van der Waals surface area (Å²) in [5.41, 5.74) is 1.52. The summed E-state index contributed by atoms with van der Waals surface area (Å²) in [5.74, 6) is 0.121. The van der Waals surface area contributed by atoms with E-state index in [0.29, 0.717) is 6.42 Å². The highest BCUT2D eigenvalue weighted by atomic mass is 32.2. The van der Waals surface area contributed by atoms with Gasteiger partial charge in [-0.2, -0.15) is 0 Å². The summed E-state index contributed by atoms with van der Waals surface area (Å²) in [6.07, 6.45) is 3.48. The molecule has 0 saturated carbocycles. The summed E-state index contributed by atoms with van der Waals surface area (Å²) in [7, 11) is -3.73. The first-order valence-corrected chi connectivity index (χ1v) is 11.3. The van der Waals surface area contributed by atoms with Gasteiger partial charge in [-0.15, -0.1) is 0 Å². The number of rotatable bonds is 8. The lowest BCUT2D eigenvalue weighted by Crippen LogP contribution is -2.44. The SMILES string of the molecule is CC(C)=CCCC(C)CC(NC(=O)OC(C)(C)C)S(=O)(=O)c1ccc(C)cc1. The molecule has 0 aliphatic carbocycles. The van der Waals surface area contributed by atoms with Crippen molar-refractivity contribution in [3.8, 4) is 0 Å². The van der Waals surface area contributed by atoms with Crippen LogP contribution in [-0.2, 0) is 14.6 Å². The van der Waals surface area contributed by atoms with Crippen LogP contribution < -0.4 is 5.32 Å². The number of nitrogens with one attached hydrogen (secondary N) is 1. The first-order chi connectivity index (χ1) is 12.8. The Morgan fingerprint density at radius 3 is 2.25 bits per heavy atom. The van der Waals surface area contributed by atoms with Gasteiger partial charge in [-0.25, -0.2) is 13.2 Å². The van der Waals surface area contributed by atoms with E-state index < -0.39 is 26.9 Å². The quantitative estimate of drug-likeness (QED) is 0.584. The summed E-state index contributed by atoms with van der Waals surface area (Å²) >= 11 is 0. The van der Waals surface area contributed by atoms with Crippen molar-refractivity contribution < 1.29 is 17.9 Å². The van der Waals surface area contributed by atoms with Gasteiger partial charge in [-0.05, 0) is 78.9 Å². The van der Waals surface area contributed by atoms with Gasteiger partial charge in [0.1, 0.15) is 11.0 Å². The molecule has 0 spiro atoms. The third-order valence-electron chi connectivity index (χ3n) is 4.23. The Labute approximate surface area is 170 Å². The second-order valence-electron chi connectivity index (χ2n) is 8.69. The Morgan fingerprint density at radius 1 is 1.18 bits per heavy atom. The molecule has 2 atom stereocenters. The van der Waals surface area contributed by atoms with Crippen LogP contribution in [0.3, 0.4) is 0 Å². The number of benzene rings is 1. The number of sulfone groups is 1. The number of carbonyl (C=O) groups excluding carboxylic acids is 1. The Kier molecular flexibility index (Phi) is 8.74. The molecule has 0 saturated heterocycles. The Bertz CT molecular complexity index is 770. The van der Waals surface area contributed by atoms with Crippen molar-refractivity contribution in [3.63, 3.8) is 0 Å². The average molecular weight is 410 g/mol. The molecule has 28 heavy (non-hydrogen) atoms. The topological polar surface area (TPSA) is 72.5 Å². The van der Waals surface area contributed by atoms with E-state index in [9.17, 15) is 13.2 Å². The molecule has 0 heterocycles. The van der Waals surface area contributed by atoms with E-state index in [2.05, 4.69) is 11.4 Å². The van der Waals surface area contributed by atoms with Gasteiger partial charge in [0.25, 0.3) is 0 Å². The molecule has 0 radical (unpaired) electrons. The van der Waals surface area contributed by atoms with Crippen LogP contribution in [-0.4, -0.2) is 25.5 Å². The lowest BCUT2D eigenvalue weighted by Gasteiger charge is -2.25. The Balaban J connectivity index is 3.04. The average Bonchev–Trinajstić information content (AvgIpc) is 2.52. The Hall–Kier alpha value is -1.82. The minimum atomic E-state index is -3.73. The van der Waals surface area contributed by atoms with Crippen molar-refractivity contribution in [2.45, 2.75) is 83.6 Å². The van der Waals surface area contributed by atoms with E-state index in [-0.39, 0.29) is 10.8 Å². The highest BCUT2D eigenvalue weighted by molar-refractivity contribution is 7.92. The number of allylic oxidation sites excluding steroid dienone is 2. The first kappa shape index (κ1) is 24.2. The second kappa shape index (κ2) is 10.1. The van der Waals surface area contributed by atoms with Crippen molar-refractivity contribution in [1.29, 1.82) is 0 Å². The van der Waals surface area contributed by atoms with E-state index in [0.717, 1.165) is 18.4 Å². The smallest absolute Gasteiger partial charge is 0.408 e. The molecular formula is C22H35NO4S. The minimum absolute atomic E-state index is 0.121. The first-order valence-electron chi connectivity index (χ1n) is 9.74. The molecule has 1 aromatic carbocycles. The van der Waals surface area contributed by atoms with Gasteiger partial charge in [0.15, 0.2) is 9.84 Å². The van der Waals surface area contributed by atoms with Crippen LogP contribution in [0.4, 0.5) is 4.79 Å². The predicted molar refractivity (Wildman–Crippen MR) is 114 cm³/mol. The Morgan fingerprint density at radius 2 is 1.75 bits per heavy atom. The van der Waals surface area contributed by atoms with Gasteiger partial charge in [-0.3, -0.25) is 0 Å². The van der Waals surface area contributed by atoms with E-state index >= 15 is 0 Å². The third kappa shape index (κ3) is 8.46. The maximum atomic E-state index is 13.2. The molecule has 1 aromatic rings. The molecule has 0 aliphatic rings. The highest BCUT2D eigenvalue weighted by Crippen LogP contribution is 2.23. The minimum Gasteiger partial charge on any atom is -0.444 e. The highest BCUT2D eigenvalue weighted by Gasteiger charge is 2.32. The zero-order valence-corrected chi connectivity index (χ0v) is 19.0. The van der Waals surface area contributed by atoms with Crippen molar-refractivity contribution in [2.24, 2.45) is 5.92 Å². The van der Waals surface area contributed by atoms with Gasteiger partial charge in [0.05, 0.1) is 4.90 Å². The largest absolute Gasteiger partial charge is 0.444 e. The van der Waals surface area contributed by atoms with Crippen LogP contribution in [0.25, 0.3) is 0 Å². The predicted octanol–water partition coefficient (Wildman–Crippen LogP) is 5.39. The summed E-state index contributed by atoms with van der Waals surface area (Å²) in [6, 6.07) is 6.69. The molecule has 2 unspecified atom stereocenters. The van der Waals surface area contributed by atoms with E-state index in [4.69, 9.17) is 4.74 Å².